The summed E-state index contributed by atoms with van der Waals surface area (Å²) in [6.45, 7) is 3.07. The van der Waals surface area contributed by atoms with Crippen LogP contribution < -0.4 is 0 Å². The van der Waals surface area contributed by atoms with Crippen molar-refractivity contribution in [2.24, 2.45) is 5.92 Å². The van der Waals surface area contributed by atoms with Gasteiger partial charge in [0.2, 0.25) is 10.0 Å². The average molecular weight is 432 g/mol. The van der Waals surface area contributed by atoms with Crippen LogP contribution in [0.3, 0.4) is 0 Å². The molecule has 0 bridgehead atoms. The van der Waals surface area contributed by atoms with Crippen molar-refractivity contribution < 1.29 is 22.5 Å². The average Bonchev–Trinajstić information content (AvgIpc) is 2.66. The van der Waals surface area contributed by atoms with E-state index in [1.54, 1.807) is 0 Å². The van der Waals surface area contributed by atoms with E-state index in [9.17, 15) is 27.7 Å². The van der Waals surface area contributed by atoms with Gasteiger partial charge in [0.1, 0.15) is 5.82 Å². The van der Waals surface area contributed by atoms with E-state index in [0.29, 0.717) is 0 Å². The molecule has 0 aliphatic heterocycles. The van der Waals surface area contributed by atoms with Gasteiger partial charge in [-0.1, -0.05) is 24.6 Å². The van der Waals surface area contributed by atoms with E-state index in [0.717, 1.165) is 41.8 Å². The zero-order chi connectivity index (χ0) is 21.9. The van der Waals surface area contributed by atoms with E-state index < -0.39 is 31.3 Å². The van der Waals surface area contributed by atoms with E-state index in [-0.39, 0.29) is 35.9 Å². The fourth-order valence-electron chi connectivity index (χ4n) is 3.37. The lowest BCUT2D eigenvalue weighted by Crippen LogP contribution is -2.32. The Morgan fingerprint density at radius 2 is 1.97 bits per heavy atom. The van der Waals surface area contributed by atoms with Crippen molar-refractivity contribution in [1.29, 1.82) is 0 Å². The van der Waals surface area contributed by atoms with Crippen molar-refractivity contribution in [3.63, 3.8) is 0 Å². The molecule has 1 aliphatic carbocycles. The zero-order valence-electron chi connectivity index (χ0n) is 16.2. The molecule has 0 amide bonds. The fourth-order valence-corrected chi connectivity index (χ4v) is 4.92. The van der Waals surface area contributed by atoms with Gasteiger partial charge in [0.25, 0.3) is 5.69 Å². The largest absolute Gasteiger partial charge is 0.294 e. The Bertz CT molecular complexity index is 1100. The van der Waals surface area contributed by atoms with Gasteiger partial charge >= 0.3 is 0 Å². The van der Waals surface area contributed by atoms with Gasteiger partial charge in [-0.15, -0.1) is 6.58 Å². The van der Waals surface area contributed by atoms with Crippen LogP contribution in [0.15, 0.2) is 60.0 Å². The van der Waals surface area contributed by atoms with E-state index in [1.807, 2.05) is 0 Å². The second-order valence-corrected chi connectivity index (χ2v) is 9.01. The Morgan fingerprint density at radius 1 is 1.27 bits per heavy atom. The molecule has 0 spiro atoms. The molecule has 0 radical (unpaired) electrons. The first-order valence-corrected chi connectivity index (χ1v) is 10.9. The Labute approximate surface area is 174 Å². The van der Waals surface area contributed by atoms with E-state index in [2.05, 4.69) is 6.58 Å². The monoisotopic (exact) mass is 432 g/mol. The SMILES string of the molecule is C=CCN(Cc1cc(F)ccc1C(=O)C1CCC1)S(=O)(=O)c1ccccc1[N+](=O)[O-]. The van der Waals surface area contributed by atoms with E-state index in [4.69, 9.17) is 0 Å². The molecule has 30 heavy (non-hydrogen) atoms. The molecule has 0 N–H and O–H groups in total. The number of carbonyl (C=O) groups is 1. The molecule has 1 aliphatic rings. The van der Waals surface area contributed by atoms with Crippen LogP contribution in [0.1, 0.15) is 35.2 Å². The smallest absolute Gasteiger partial charge is 0.289 e. The van der Waals surface area contributed by atoms with Gasteiger partial charge in [-0.25, -0.2) is 12.8 Å². The number of hydrogen-bond acceptors (Lipinski definition) is 5. The Hall–Kier alpha value is -2.91. The second kappa shape index (κ2) is 8.85. The van der Waals surface area contributed by atoms with Crippen LogP contribution in [0.2, 0.25) is 0 Å². The highest BCUT2D eigenvalue weighted by Gasteiger charge is 2.33. The first-order chi connectivity index (χ1) is 14.3. The molecular formula is C21H21FN2O5S. The predicted molar refractivity (Wildman–Crippen MR) is 109 cm³/mol. The number of para-hydroxylation sites is 1. The summed E-state index contributed by atoms with van der Waals surface area (Å²) < 4.78 is 41.3. The molecular weight excluding hydrogens is 411 g/mol. The molecule has 7 nitrogen and oxygen atoms in total. The molecule has 2 aromatic carbocycles. The lowest BCUT2D eigenvalue weighted by atomic mass is 9.79. The van der Waals surface area contributed by atoms with Gasteiger partial charge in [0.05, 0.1) is 4.92 Å². The van der Waals surface area contributed by atoms with Gasteiger partial charge in [0.15, 0.2) is 10.7 Å². The lowest BCUT2D eigenvalue weighted by molar-refractivity contribution is -0.387. The normalized spacial score (nSPS) is 14.3. The Kier molecular flexibility index (Phi) is 6.42. The summed E-state index contributed by atoms with van der Waals surface area (Å²) in [6, 6.07) is 8.69. The number of halogens is 1. The first-order valence-electron chi connectivity index (χ1n) is 9.42. The topological polar surface area (TPSA) is 97.6 Å². The summed E-state index contributed by atoms with van der Waals surface area (Å²) in [5.74, 6) is -0.886. The number of carbonyl (C=O) groups excluding carboxylic acids is 1. The number of nitrogens with zero attached hydrogens (tertiary/aromatic N) is 2. The standard InChI is InChI=1S/C21H21FN2O5S/c1-2-12-23(30(28,29)20-9-4-3-8-19(20)24(26)27)14-16-13-17(22)10-11-18(16)21(25)15-6-5-7-15/h2-4,8-11,13,15H,1,5-7,12,14H2. The van der Waals surface area contributed by atoms with Crippen LogP contribution in [0.5, 0.6) is 0 Å². The summed E-state index contributed by atoms with van der Waals surface area (Å²) >= 11 is 0. The van der Waals surface area contributed by atoms with Crippen molar-refractivity contribution in [2.75, 3.05) is 6.54 Å². The summed E-state index contributed by atoms with van der Waals surface area (Å²) in [6.07, 6.45) is 3.78. The number of hydrogen-bond donors (Lipinski definition) is 0. The van der Waals surface area contributed by atoms with Crippen molar-refractivity contribution >= 4 is 21.5 Å². The Morgan fingerprint density at radius 3 is 2.57 bits per heavy atom. The zero-order valence-corrected chi connectivity index (χ0v) is 17.0. The molecule has 158 valence electrons. The quantitative estimate of drug-likeness (QED) is 0.257. The number of ketones is 1. The number of nitro groups is 1. The predicted octanol–water partition coefficient (Wildman–Crippen LogP) is 4.09. The number of sulfonamides is 1. The molecule has 0 unspecified atom stereocenters. The van der Waals surface area contributed by atoms with Crippen LogP contribution >= 0.6 is 0 Å². The van der Waals surface area contributed by atoms with Crippen molar-refractivity contribution in [2.45, 2.75) is 30.7 Å². The van der Waals surface area contributed by atoms with Gasteiger partial charge in [-0.2, -0.15) is 4.31 Å². The number of nitro benzene ring substituents is 1. The molecule has 0 saturated heterocycles. The first kappa shape index (κ1) is 21.8. The molecule has 0 atom stereocenters. The maximum Gasteiger partial charge on any atom is 0.289 e. The maximum atomic E-state index is 13.9. The molecule has 1 fully saturated rings. The fraction of sp³-hybridized carbons (Fsp3) is 0.286. The summed E-state index contributed by atoms with van der Waals surface area (Å²) in [5, 5.41) is 11.3. The van der Waals surface area contributed by atoms with E-state index in [1.165, 1.54) is 30.3 Å². The summed E-state index contributed by atoms with van der Waals surface area (Å²) in [5.41, 5.74) is -0.0691. The molecule has 0 aromatic heterocycles. The third-order valence-electron chi connectivity index (χ3n) is 5.17. The number of Topliss-reactive ketones (excluding diaryl/α,β-unsaturated/α-hetero) is 1. The Balaban J connectivity index is 2.03. The van der Waals surface area contributed by atoms with Crippen LogP contribution in [-0.2, 0) is 16.6 Å². The molecule has 3 rings (SSSR count). The molecule has 0 heterocycles. The van der Waals surface area contributed by atoms with E-state index >= 15 is 0 Å². The van der Waals surface area contributed by atoms with Gasteiger partial charge in [0, 0.05) is 30.6 Å². The molecule has 9 heteroatoms. The highest BCUT2D eigenvalue weighted by Crippen LogP contribution is 2.32. The lowest BCUT2D eigenvalue weighted by Gasteiger charge is -2.26. The second-order valence-electron chi connectivity index (χ2n) is 7.10. The van der Waals surface area contributed by atoms with Crippen LogP contribution in [0.25, 0.3) is 0 Å². The van der Waals surface area contributed by atoms with Gasteiger partial charge in [-0.05, 0) is 42.7 Å². The third kappa shape index (κ3) is 4.31. The van der Waals surface area contributed by atoms with Gasteiger partial charge < -0.3 is 0 Å². The minimum Gasteiger partial charge on any atom is -0.294 e. The minimum atomic E-state index is -4.32. The van der Waals surface area contributed by atoms with Gasteiger partial charge in [-0.3, -0.25) is 14.9 Å². The van der Waals surface area contributed by atoms with Crippen LogP contribution in [0, 0.1) is 21.8 Å². The summed E-state index contributed by atoms with van der Waals surface area (Å²) in [4.78, 5) is 22.8. The molecule has 2 aromatic rings. The van der Waals surface area contributed by atoms with Crippen LogP contribution in [-0.4, -0.2) is 30.0 Å². The third-order valence-corrected chi connectivity index (χ3v) is 7.03. The number of benzene rings is 2. The highest BCUT2D eigenvalue weighted by molar-refractivity contribution is 7.89. The number of rotatable bonds is 9. The van der Waals surface area contributed by atoms with Crippen LogP contribution in [0.4, 0.5) is 10.1 Å². The van der Waals surface area contributed by atoms with Crippen molar-refractivity contribution in [3.8, 4) is 0 Å². The van der Waals surface area contributed by atoms with Crippen molar-refractivity contribution in [3.05, 3.63) is 82.2 Å². The van der Waals surface area contributed by atoms with Crippen molar-refractivity contribution in [1.82, 2.24) is 4.31 Å². The summed E-state index contributed by atoms with van der Waals surface area (Å²) in [7, 11) is -4.32. The molecule has 1 saturated carbocycles. The maximum absolute atomic E-state index is 13.9. The minimum absolute atomic E-state index is 0.141. The highest BCUT2D eigenvalue weighted by atomic mass is 32.2.